The Hall–Kier alpha value is -1.95. The summed E-state index contributed by atoms with van der Waals surface area (Å²) in [4.78, 5) is 3.95. The van der Waals surface area contributed by atoms with Crippen LogP contribution in [-0.2, 0) is 0 Å². The molecule has 0 fully saturated rings. The van der Waals surface area contributed by atoms with Gasteiger partial charge in [-0.2, -0.15) is 5.26 Å². The van der Waals surface area contributed by atoms with Gasteiger partial charge in [0.15, 0.2) is 0 Å². The molecule has 0 saturated carbocycles. The second-order valence-corrected chi connectivity index (χ2v) is 2.67. The van der Waals surface area contributed by atoms with Gasteiger partial charge in [-0.15, -0.1) is 0 Å². The highest BCUT2D eigenvalue weighted by molar-refractivity contribution is 5.79. The Morgan fingerprint density at radius 2 is 2.15 bits per heavy atom. The van der Waals surface area contributed by atoms with Gasteiger partial charge in [-0.05, 0) is 18.2 Å². The number of rotatable bonds is 0. The van der Waals surface area contributed by atoms with Gasteiger partial charge < -0.3 is 0 Å². The average Bonchev–Trinajstić information content (AvgIpc) is 2.17. The molecule has 3 heteroatoms. The van der Waals surface area contributed by atoms with Crippen LogP contribution in [0, 0.1) is 17.1 Å². The fourth-order valence-corrected chi connectivity index (χ4v) is 1.16. The van der Waals surface area contributed by atoms with Gasteiger partial charge >= 0.3 is 0 Å². The summed E-state index contributed by atoms with van der Waals surface area (Å²) in [5, 5.41) is 9.37. The van der Waals surface area contributed by atoms with Crippen molar-refractivity contribution in [1.29, 1.82) is 5.26 Å². The molecule has 1 aromatic heterocycles. The molecule has 0 unspecified atom stereocenters. The van der Waals surface area contributed by atoms with Crippen LogP contribution in [0.2, 0.25) is 0 Å². The van der Waals surface area contributed by atoms with Crippen molar-refractivity contribution in [2.75, 3.05) is 0 Å². The van der Waals surface area contributed by atoms with E-state index in [1.165, 1.54) is 18.3 Å². The highest BCUT2D eigenvalue weighted by atomic mass is 19.1. The van der Waals surface area contributed by atoms with E-state index in [0.717, 1.165) is 5.39 Å². The maximum absolute atomic E-state index is 12.7. The first-order chi connectivity index (χ1) is 6.29. The predicted octanol–water partition coefficient (Wildman–Crippen LogP) is 2.25. The van der Waals surface area contributed by atoms with Crippen LogP contribution in [0.25, 0.3) is 10.9 Å². The number of fused-ring (bicyclic) bond motifs is 1. The highest BCUT2D eigenvalue weighted by Crippen LogP contribution is 2.13. The first-order valence-electron chi connectivity index (χ1n) is 3.75. The Bertz CT molecular complexity index is 500. The largest absolute Gasteiger partial charge is 0.255 e. The highest BCUT2D eigenvalue weighted by Gasteiger charge is 1.98. The zero-order valence-electron chi connectivity index (χ0n) is 6.66. The van der Waals surface area contributed by atoms with Crippen LogP contribution in [-0.4, -0.2) is 4.98 Å². The molecule has 0 amide bonds. The van der Waals surface area contributed by atoms with Crippen molar-refractivity contribution in [3.63, 3.8) is 0 Å². The maximum atomic E-state index is 12.7. The molecule has 0 aliphatic rings. The normalized spacial score (nSPS) is 9.85. The Labute approximate surface area is 74.3 Å². The van der Waals surface area contributed by atoms with E-state index in [1.54, 1.807) is 12.1 Å². The number of benzene rings is 1. The molecule has 2 rings (SSSR count). The van der Waals surface area contributed by atoms with Crippen LogP contribution >= 0.6 is 0 Å². The summed E-state index contributed by atoms with van der Waals surface area (Å²) in [6.45, 7) is 0. The lowest BCUT2D eigenvalue weighted by Gasteiger charge is -1.96. The number of hydrogen-bond donors (Lipinski definition) is 0. The van der Waals surface area contributed by atoms with Gasteiger partial charge in [-0.1, -0.05) is 0 Å². The molecule has 0 bridgehead atoms. The van der Waals surface area contributed by atoms with Gasteiger partial charge in [0, 0.05) is 17.6 Å². The predicted molar refractivity (Wildman–Crippen MR) is 46.4 cm³/mol. The van der Waals surface area contributed by atoms with Crippen molar-refractivity contribution in [2.24, 2.45) is 0 Å². The lowest BCUT2D eigenvalue weighted by molar-refractivity contribution is 0.629. The molecular weight excluding hydrogens is 167 g/mol. The number of pyridine rings is 1. The topological polar surface area (TPSA) is 36.7 Å². The standard InChI is InChI=1S/C10H5FN2/c11-9-2-1-8-3-7(5-12)6-13-10(8)4-9/h1-4,6H. The number of aromatic nitrogens is 1. The van der Waals surface area contributed by atoms with Crippen molar-refractivity contribution in [3.05, 3.63) is 41.8 Å². The zero-order valence-corrected chi connectivity index (χ0v) is 6.66. The van der Waals surface area contributed by atoms with Crippen molar-refractivity contribution >= 4 is 10.9 Å². The van der Waals surface area contributed by atoms with Crippen LogP contribution in [0.15, 0.2) is 30.5 Å². The fourth-order valence-electron chi connectivity index (χ4n) is 1.16. The van der Waals surface area contributed by atoms with E-state index < -0.39 is 0 Å². The number of hydrogen-bond acceptors (Lipinski definition) is 2. The molecule has 2 aromatic rings. The quantitative estimate of drug-likeness (QED) is 0.611. The van der Waals surface area contributed by atoms with Crippen LogP contribution < -0.4 is 0 Å². The summed E-state index contributed by atoms with van der Waals surface area (Å²) >= 11 is 0. The van der Waals surface area contributed by atoms with E-state index in [0.29, 0.717) is 11.1 Å². The van der Waals surface area contributed by atoms with E-state index in [2.05, 4.69) is 4.98 Å². The Balaban J connectivity index is 2.75. The molecule has 0 N–H and O–H groups in total. The molecule has 0 spiro atoms. The number of halogens is 1. The van der Waals surface area contributed by atoms with Crippen LogP contribution in [0.1, 0.15) is 5.56 Å². The summed E-state index contributed by atoms with van der Waals surface area (Å²) in [6, 6.07) is 7.97. The number of nitrogens with zero attached hydrogens (tertiary/aromatic N) is 2. The van der Waals surface area contributed by atoms with E-state index >= 15 is 0 Å². The maximum Gasteiger partial charge on any atom is 0.125 e. The third kappa shape index (κ3) is 1.34. The summed E-state index contributed by atoms with van der Waals surface area (Å²) in [5.41, 5.74) is 1.05. The van der Waals surface area contributed by atoms with Crippen molar-refractivity contribution in [2.45, 2.75) is 0 Å². The molecule has 0 radical (unpaired) electrons. The van der Waals surface area contributed by atoms with E-state index in [1.807, 2.05) is 6.07 Å². The summed E-state index contributed by atoms with van der Waals surface area (Å²) in [6.07, 6.45) is 1.43. The van der Waals surface area contributed by atoms with E-state index in [4.69, 9.17) is 5.26 Å². The molecule has 0 saturated heterocycles. The summed E-state index contributed by atoms with van der Waals surface area (Å²) in [7, 11) is 0. The monoisotopic (exact) mass is 172 g/mol. The van der Waals surface area contributed by atoms with Gasteiger partial charge in [-0.3, -0.25) is 4.98 Å². The third-order valence-corrected chi connectivity index (χ3v) is 1.78. The molecule has 62 valence electrons. The number of nitriles is 1. The molecule has 2 nitrogen and oxygen atoms in total. The minimum absolute atomic E-state index is 0.315. The zero-order chi connectivity index (χ0) is 9.26. The molecule has 0 aliphatic carbocycles. The van der Waals surface area contributed by atoms with Gasteiger partial charge in [0.2, 0.25) is 0 Å². The Morgan fingerprint density at radius 3 is 2.92 bits per heavy atom. The van der Waals surface area contributed by atoms with Gasteiger partial charge in [0.1, 0.15) is 11.9 Å². The smallest absolute Gasteiger partial charge is 0.125 e. The van der Waals surface area contributed by atoms with Crippen molar-refractivity contribution in [1.82, 2.24) is 4.98 Å². The first kappa shape index (κ1) is 7.69. The molecule has 0 atom stereocenters. The molecule has 1 aromatic carbocycles. The second kappa shape index (κ2) is 2.83. The third-order valence-electron chi connectivity index (χ3n) is 1.78. The van der Waals surface area contributed by atoms with Gasteiger partial charge in [0.05, 0.1) is 11.1 Å². The minimum Gasteiger partial charge on any atom is -0.255 e. The molecule has 13 heavy (non-hydrogen) atoms. The minimum atomic E-state index is -0.315. The molecular formula is C10H5FN2. The lowest BCUT2D eigenvalue weighted by atomic mass is 10.2. The van der Waals surface area contributed by atoms with Gasteiger partial charge in [0.25, 0.3) is 0 Å². The SMILES string of the molecule is N#Cc1cnc2cc(F)ccc2c1. The van der Waals surface area contributed by atoms with Gasteiger partial charge in [-0.25, -0.2) is 4.39 Å². The summed E-state index contributed by atoms with van der Waals surface area (Å²) < 4.78 is 12.7. The van der Waals surface area contributed by atoms with Crippen molar-refractivity contribution in [3.8, 4) is 6.07 Å². The van der Waals surface area contributed by atoms with E-state index in [-0.39, 0.29) is 5.82 Å². The van der Waals surface area contributed by atoms with Crippen LogP contribution in [0.4, 0.5) is 4.39 Å². The Kier molecular flexibility index (Phi) is 1.67. The summed E-state index contributed by atoms with van der Waals surface area (Å²) in [5.74, 6) is -0.315. The fraction of sp³-hybridized carbons (Fsp3) is 0. The molecule has 1 heterocycles. The Morgan fingerprint density at radius 1 is 1.31 bits per heavy atom. The first-order valence-corrected chi connectivity index (χ1v) is 3.75. The lowest BCUT2D eigenvalue weighted by Crippen LogP contribution is -1.82. The van der Waals surface area contributed by atoms with E-state index in [9.17, 15) is 4.39 Å². The second-order valence-electron chi connectivity index (χ2n) is 2.67. The molecule has 0 aliphatic heterocycles. The van der Waals surface area contributed by atoms with Crippen LogP contribution in [0.5, 0.6) is 0 Å². The average molecular weight is 172 g/mol. The van der Waals surface area contributed by atoms with Crippen LogP contribution in [0.3, 0.4) is 0 Å². The van der Waals surface area contributed by atoms with Crippen molar-refractivity contribution < 1.29 is 4.39 Å².